The van der Waals surface area contributed by atoms with Gasteiger partial charge in [-0.05, 0) is 48.3 Å². The van der Waals surface area contributed by atoms with Crippen LogP contribution >= 0.6 is 11.3 Å². The van der Waals surface area contributed by atoms with Crippen LogP contribution in [-0.2, 0) is 0 Å². The lowest BCUT2D eigenvalue weighted by atomic mass is 9.78. The molecule has 2 fully saturated rings. The monoisotopic (exact) mass is 454 g/mol. The molecule has 32 heavy (non-hydrogen) atoms. The van der Waals surface area contributed by atoms with E-state index in [4.69, 9.17) is 15.4 Å². The molecule has 4 atom stereocenters. The Hall–Kier alpha value is -2.88. The van der Waals surface area contributed by atoms with Crippen molar-refractivity contribution >= 4 is 21.4 Å². The van der Waals surface area contributed by atoms with Gasteiger partial charge in [0.2, 0.25) is 16.0 Å². The molecule has 3 aromatic rings. The zero-order chi connectivity index (χ0) is 22.4. The fourth-order valence-corrected chi connectivity index (χ4v) is 5.77. The van der Waals surface area contributed by atoms with Crippen molar-refractivity contribution < 1.29 is 9.84 Å². The Balaban J connectivity index is 1.43. The second-order valence-corrected chi connectivity index (χ2v) is 9.84. The van der Waals surface area contributed by atoms with Crippen LogP contribution in [0.5, 0.6) is 5.88 Å². The molecule has 1 aliphatic carbocycles. The number of azide groups is 1. The molecule has 168 valence electrons. The summed E-state index contributed by atoms with van der Waals surface area (Å²) in [4.78, 5) is 15.2. The molecule has 0 bridgehead atoms. The van der Waals surface area contributed by atoms with Crippen LogP contribution in [0.4, 0.5) is 5.13 Å². The van der Waals surface area contributed by atoms with Crippen LogP contribution < -0.4 is 9.64 Å². The van der Waals surface area contributed by atoms with Crippen LogP contribution in [0, 0.1) is 11.8 Å². The number of pyridine rings is 1. The minimum absolute atomic E-state index is 0.310. The normalized spacial score (nSPS) is 25.2. The highest BCUT2D eigenvalue weighted by molar-refractivity contribution is 7.20. The summed E-state index contributed by atoms with van der Waals surface area (Å²) in [6.07, 6.45) is 2.61. The Morgan fingerprint density at radius 2 is 2.06 bits per heavy atom. The van der Waals surface area contributed by atoms with Gasteiger partial charge in [0.15, 0.2) is 0 Å². The van der Waals surface area contributed by atoms with Crippen LogP contribution in [0.1, 0.15) is 38.3 Å². The Labute approximate surface area is 189 Å². The summed E-state index contributed by atoms with van der Waals surface area (Å²) in [5.41, 5.74) is 11.4. The van der Waals surface area contributed by atoms with E-state index >= 15 is 0 Å². The Bertz CT molecular complexity index is 1180. The average Bonchev–Trinajstić information content (AvgIpc) is 3.47. The molecule has 0 radical (unpaired) electrons. The summed E-state index contributed by atoms with van der Waals surface area (Å²) in [5.74, 6) is 1.64. The Kier molecular flexibility index (Phi) is 5.40. The molecular formula is C21H26N8O2S. The van der Waals surface area contributed by atoms with E-state index in [9.17, 15) is 5.11 Å². The molecule has 1 N–H and O–H groups in total. The lowest BCUT2D eigenvalue weighted by Gasteiger charge is -2.32. The van der Waals surface area contributed by atoms with Gasteiger partial charge in [-0.2, -0.15) is 0 Å². The first-order chi connectivity index (χ1) is 15.5. The van der Waals surface area contributed by atoms with E-state index < -0.39 is 6.10 Å². The second kappa shape index (κ2) is 8.23. The highest BCUT2D eigenvalue weighted by atomic mass is 32.1. The zero-order valence-corrected chi connectivity index (χ0v) is 19.1. The third-order valence-corrected chi connectivity index (χ3v) is 7.58. The lowest BCUT2D eigenvalue weighted by molar-refractivity contribution is 0.0665. The topological polar surface area (TPSA) is 125 Å². The smallest absolute Gasteiger partial charge is 0.222 e. The minimum Gasteiger partial charge on any atom is -0.480 e. The summed E-state index contributed by atoms with van der Waals surface area (Å²) in [5, 5.41) is 19.9. The zero-order valence-electron chi connectivity index (χ0n) is 18.3. The number of imidazole rings is 1. The molecule has 4 heterocycles. The summed E-state index contributed by atoms with van der Waals surface area (Å²) in [6.45, 7) is 5.89. The molecule has 0 spiro atoms. The van der Waals surface area contributed by atoms with Crippen molar-refractivity contribution in [2.45, 2.75) is 44.8 Å². The molecule has 5 rings (SSSR count). The van der Waals surface area contributed by atoms with E-state index in [2.05, 4.69) is 38.7 Å². The van der Waals surface area contributed by atoms with Gasteiger partial charge in [0, 0.05) is 23.7 Å². The van der Waals surface area contributed by atoms with E-state index in [-0.39, 0.29) is 6.04 Å². The van der Waals surface area contributed by atoms with Crippen molar-refractivity contribution in [2.24, 2.45) is 17.0 Å². The average molecular weight is 455 g/mol. The molecule has 1 aliphatic heterocycles. The van der Waals surface area contributed by atoms with Gasteiger partial charge in [0.05, 0.1) is 36.7 Å². The maximum Gasteiger partial charge on any atom is 0.222 e. The van der Waals surface area contributed by atoms with Crippen LogP contribution in [0.25, 0.3) is 26.7 Å². The molecule has 3 aromatic heterocycles. The van der Waals surface area contributed by atoms with Crippen molar-refractivity contribution in [3.63, 3.8) is 0 Å². The molecular weight excluding hydrogens is 428 g/mol. The Morgan fingerprint density at radius 3 is 2.78 bits per heavy atom. The summed E-state index contributed by atoms with van der Waals surface area (Å²) in [7, 11) is 1.63. The molecule has 1 saturated heterocycles. The molecule has 0 aromatic carbocycles. The predicted molar refractivity (Wildman–Crippen MR) is 122 cm³/mol. The van der Waals surface area contributed by atoms with Gasteiger partial charge in [-0.25, -0.2) is 14.5 Å². The molecule has 10 nitrogen and oxygen atoms in total. The SMILES string of the molecule is COc1nc(C(C)C)ccc1-c1cnc2sc(N3C[C@H]4C[C@H](O)C(N=[N+]=[N-])C[C@H]4C3)nn12. The molecule has 1 unspecified atom stereocenters. The van der Waals surface area contributed by atoms with Crippen LogP contribution in [0.3, 0.4) is 0 Å². The first-order valence-corrected chi connectivity index (χ1v) is 11.7. The highest BCUT2D eigenvalue weighted by Crippen LogP contribution is 2.41. The summed E-state index contributed by atoms with van der Waals surface area (Å²) in [6, 6.07) is 3.70. The van der Waals surface area contributed by atoms with E-state index in [0.717, 1.165) is 40.1 Å². The number of hydrogen-bond donors (Lipinski definition) is 1. The van der Waals surface area contributed by atoms with E-state index in [0.29, 0.717) is 36.5 Å². The lowest BCUT2D eigenvalue weighted by Crippen LogP contribution is -2.37. The number of aliphatic hydroxyl groups excluding tert-OH is 1. The minimum atomic E-state index is -0.568. The molecule has 11 heteroatoms. The van der Waals surface area contributed by atoms with E-state index in [1.165, 1.54) is 0 Å². The number of rotatable bonds is 5. The number of aromatic nitrogens is 4. The third kappa shape index (κ3) is 3.56. The van der Waals surface area contributed by atoms with Gasteiger partial charge in [-0.3, -0.25) is 0 Å². The maximum absolute atomic E-state index is 10.3. The third-order valence-electron chi connectivity index (χ3n) is 6.60. The first kappa shape index (κ1) is 21.0. The van der Waals surface area contributed by atoms with Crippen molar-refractivity contribution in [3.05, 3.63) is 34.5 Å². The van der Waals surface area contributed by atoms with Crippen LogP contribution in [-0.4, -0.2) is 57.0 Å². The quantitative estimate of drug-likeness (QED) is 0.354. The number of nitrogens with zero attached hydrogens (tertiary/aromatic N) is 8. The van der Waals surface area contributed by atoms with Crippen LogP contribution in [0.2, 0.25) is 0 Å². The second-order valence-electron chi connectivity index (χ2n) is 8.91. The number of aliphatic hydroxyl groups is 1. The largest absolute Gasteiger partial charge is 0.480 e. The van der Waals surface area contributed by atoms with Crippen molar-refractivity contribution in [2.75, 3.05) is 25.1 Å². The van der Waals surface area contributed by atoms with Crippen molar-refractivity contribution in [3.8, 4) is 17.1 Å². The molecule has 0 amide bonds. The van der Waals surface area contributed by atoms with E-state index in [1.54, 1.807) is 18.4 Å². The van der Waals surface area contributed by atoms with Gasteiger partial charge >= 0.3 is 0 Å². The first-order valence-electron chi connectivity index (χ1n) is 10.9. The number of fused-ring (bicyclic) bond motifs is 2. The summed E-state index contributed by atoms with van der Waals surface area (Å²) < 4.78 is 7.43. The van der Waals surface area contributed by atoms with Gasteiger partial charge in [-0.1, -0.05) is 30.3 Å². The molecule has 1 saturated carbocycles. The van der Waals surface area contributed by atoms with E-state index in [1.807, 2.05) is 22.8 Å². The number of hydrogen-bond acceptors (Lipinski definition) is 8. The number of methoxy groups -OCH3 is 1. The Morgan fingerprint density at radius 1 is 1.28 bits per heavy atom. The van der Waals surface area contributed by atoms with Gasteiger partial charge in [0.25, 0.3) is 0 Å². The fraction of sp³-hybridized carbons (Fsp3) is 0.571. The van der Waals surface area contributed by atoms with Crippen molar-refractivity contribution in [1.29, 1.82) is 0 Å². The van der Waals surface area contributed by atoms with Crippen molar-refractivity contribution in [1.82, 2.24) is 19.6 Å². The standard InChI is InChI=1S/C21H26N8O2S/c1-11(2)15-5-4-14(19(24-15)31-3)17-8-23-20-29(17)26-21(32-20)28-9-12-6-16(25-27-22)18(30)7-13(12)10-28/h4-5,8,11-13,16,18,30H,6-7,9-10H2,1-3H3/t12-,13+,16?,18-/m0/s1. The fourth-order valence-electron chi connectivity index (χ4n) is 4.87. The summed E-state index contributed by atoms with van der Waals surface area (Å²) >= 11 is 1.55. The van der Waals surface area contributed by atoms with Gasteiger partial charge in [-0.15, -0.1) is 5.10 Å². The number of anilines is 1. The predicted octanol–water partition coefficient (Wildman–Crippen LogP) is 3.87. The molecule has 2 aliphatic rings. The number of ether oxygens (including phenoxy) is 1. The van der Waals surface area contributed by atoms with Gasteiger partial charge < -0.3 is 14.7 Å². The highest BCUT2D eigenvalue weighted by Gasteiger charge is 2.42. The van der Waals surface area contributed by atoms with Crippen LogP contribution in [0.15, 0.2) is 23.4 Å². The van der Waals surface area contributed by atoms with Gasteiger partial charge in [0.1, 0.15) is 0 Å². The maximum atomic E-state index is 10.3.